The second-order valence-corrected chi connectivity index (χ2v) is 4.87. The third-order valence-corrected chi connectivity index (χ3v) is 3.53. The van der Waals surface area contributed by atoms with Crippen molar-refractivity contribution in [1.29, 1.82) is 0 Å². The number of hydrogen-bond donors (Lipinski definition) is 1. The molecule has 1 aromatic rings. The maximum absolute atomic E-state index is 5.42. The molecule has 2 rings (SSSR count). The molecule has 1 fully saturated rings. The highest BCUT2D eigenvalue weighted by Gasteiger charge is 2.20. The molecule has 0 saturated carbocycles. The highest BCUT2D eigenvalue weighted by Crippen LogP contribution is 2.21. The fourth-order valence-electron chi connectivity index (χ4n) is 2.35. The summed E-state index contributed by atoms with van der Waals surface area (Å²) >= 11 is 0. The number of anilines is 2. The van der Waals surface area contributed by atoms with Crippen LogP contribution >= 0.6 is 0 Å². The van der Waals surface area contributed by atoms with Crippen LogP contribution in [-0.2, 0) is 11.2 Å². The molecule has 0 bridgehead atoms. The van der Waals surface area contributed by atoms with Crippen molar-refractivity contribution < 1.29 is 4.74 Å². The number of aryl methyl sites for hydroxylation is 1. The van der Waals surface area contributed by atoms with Gasteiger partial charge in [-0.2, -0.15) is 0 Å². The molecule has 1 aliphatic heterocycles. The number of nitrogens with zero attached hydrogens (tertiary/aromatic N) is 3. The Hall–Kier alpha value is -1.36. The van der Waals surface area contributed by atoms with E-state index in [0.29, 0.717) is 6.04 Å². The molecule has 0 atom stereocenters. The Morgan fingerprint density at radius 2 is 2.05 bits per heavy atom. The first-order chi connectivity index (χ1) is 9.24. The number of ether oxygens (including phenoxy) is 1. The smallest absolute Gasteiger partial charge is 0.134 e. The molecule has 2 heterocycles. The van der Waals surface area contributed by atoms with Crippen LogP contribution in [0.3, 0.4) is 0 Å². The molecule has 0 amide bonds. The van der Waals surface area contributed by atoms with E-state index >= 15 is 0 Å². The zero-order chi connectivity index (χ0) is 13.7. The predicted octanol–water partition coefficient (Wildman–Crippen LogP) is 2.09. The Labute approximate surface area is 115 Å². The Kier molecular flexibility index (Phi) is 4.96. The third-order valence-electron chi connectivity index (χ3n) is 3.53. The van der Waals surface area contributed by atoms with Crippen molar-refractivity contribution >= 4 is 11.6 Å². The SMILES string of the molecule is CCNc1cc(N(C)C2CCOCC2)nc(CC)n1. The first-order valence-corrected chi connectivity index (χ1v) is 7.17. The standard InChI is InChI=1S/C14H24N4O/c1-4-12-16-13(15-5-2)10-14(17-12)18(3)11-6-8-19-9-7-11/h10-11H,4-9H2,1-3H3,(H,15,16,17). The summed E-state index contributed by atoms with van der Waals surface area (Å²) in [6, 6.07) is 2.56. The van der Waals surface area contributed by atoms with E-state index in [2.05, 4.69) is 41.1 Å². The van der Waals surface area contributed by atoms with Crippen molar-refractivity contribution in [2.45, 2.75) is 39.2 Å². The van der Waals surface area contributed by atoms with E-state index < -0.39 is 0 Å². The summed E-state index contributed by atoms with van der Waals surface area (Å²) < 4.78 is 5.42. The van der Waals surface area contributed by atoms with Crippen molar-refractivity contribution in [3.63, 3.8) is 0 Å². The molecule has 19 heavy (non-hydrogen) atoms. The van der Waals surface area contributed by atoms with Crippen LogP contribution < -0.4 is 10.2 Å². The molecule has 1 saturated heterocycles. The van der Waals surface area contributed by atoms with Gasteiger partial charge in [0.2, 0.25) is 0 Å². The van der Waals surface area contributed by atoms with Crippen LogP contribution in [0.4, 0.5) is 11.6 Å². The van der Waals surface area contributed by atoms with E-state index in [1.807, 2.05) is 6.07 Å². The van der Waals surface area contributed by atoms with Crippen LogP contribution in [0, 0.1) is 0 Å². The van der Waals surface area contributed by atoms with E-state index in [1.54, 1.807) is 0 Å². The van der Waals surface area contributed by atoms with Crippen molar-refractivity contribution in [1.82, 2.24) is 9.97 Å². The topological polar surface area (TPSA) is 50.3 Å². The first-order valence-electron chi connectivity index (χ1n) is 7.17. The number of nitrogens with one attached hydrogen (secondary N) is 1. The summed E-state index contributed by atoms with van der Waals surface area (Å²) in [6.45, 7) is 6.74. The van der Waals surface area contributed by atoms with Gasteiger partial charge in [0.05, 0.1) is 0 Å². The summed E-state index contributed by atoms with van der Waals surface area (Å²) in [5.74, 6) is 2.82. The number of hydrogen-bond acceptors (Lipinski definition) is 5. The molecule has 0 aliphatic carbocycles. The zero-order valence-corrected chi connectivity index (χ0v) is 12.1. The maximum atomic E-state index is 5.42. The minimum absolute atomic E-state index is 0.517. The molecular weight excluding hydrogens is 240 g/mol. The molecule has 5 nitrogen and oxygen atoms in total. The van der Waals surface area contributed by atoms with Gasteiger partial charge >= 0.3 is 0 Å². The van der Waals surface area contributed by atoms with E-state index in [-0.39, 0.29) is 0 Å². The average Bonchev–Trinajstić information content (AvgIpc) is 2.47. The second kappa shape index (κ2) is 6.70. The number of aromatic nitrogens is 2. The van der Waals surface area contributed by atoms with Crippen LogP contribution in [0.2, 0.25) is 0 Å². The monoisotopic (exact) mass is 264 g/mol. The molecule has 1 N–H and O–H groups in total. The minimum Gasteiger partial charge on any atom is -0.381 e. The first kappa shape index (κ1) is 14.1. The molecule has 1 aliphatic rings. The fourth-order valence-corrected chi connectivity index (χ4v) is 2.35. The van der Waals surface area contributed by atoms with Crippen LogP contribution in [0.25, 0.3) is 0 Å². The second-order valence-electron chi connectivity index (χ2n) is 4.87. The number of rotatable bonds is 5. The minimum atomic E-state index is 0.517. The molecule has 0 aromatic carbocycles. The van der Waals surface area contributed by atoms with Gasteiger partial charge in [-0.25, -0.2) is 9.97 Å². The van der Waals surface area contributed by atoms with Gasteiger partial charge < -0.3 is 15.0 Å². The third kappa shape index (κ3) is 3.56. The maximum Gasteiger partial charge on any atom is 0.134 e. The van der Waals surface area contributed by atoms with Crippen LogP contribution in [0.5, 0.6) is 0 Å². The van der Waals surface area contributed by atoms with Crippen molar-refractivity contribution in [3.05, 3.63) is 11.9 Å². The van der Waals surface area contributed by atoms with Gasteiger partial charge in [-0.1, -0.05) is 6.92 Å². The highest BCUT2D eigenvalue weighted by molar-refractivity contribution is 5.49. The van der Waals surface area contributed by atoms with Crippen molar-refractivity contribution in [2.24, 2.45) is 0 Å². The predicted molar refractivity (Wildman–Crippen MR) is 77.8 cm³/mol. The lowest BCUT2D eigenvalue weighted by atomic mass is 10.1. The van der Waals surface area contributed by atoms with E-state index in [4.69, 9.17) is 4.74 Å². The van der Waals surface area contributed by atoms with Crippen molar-refractivity contribution in [3.8, 4) is 0 Å². The Bertz CT molecular complexity index is 404. The molecule has 106 valence electrons. The molecule has 5 heteroatoms. The highest BCUT2D eigenvalue weighted by atomic mass is 16.5. The largest absolute Gasteiger partial charge is 0.381 e. The van der Waals surface area contributed by atoms with E-state index in [1.165, 1.54) is 0 Å². The lowest BCUT2D eigenvalue weighted by Gasteiger charge is -2.32. The summed E-state index contributed by atoms with van der Waals surface area (Å²) in [4.78, 5) is 11.4. The Morgan fingerprint density at radius 1 is 1.32 bits per heavy atom. The fraction of sp³-hybridized carbons (Fsp3) is 0.714. The summed E-state index contributed by atoms with van der Waals surface area (Å²) in [5.41, 5.74) is 0. The molecule has 0 unspecified atom stereocenters. The van der Waals surface area contributed by atoms with E-state index in [9.17, 15) is 0 Å². The van der Waals surface area contributed by atoms with Gasteiger partial charge in [-0.3, -0.25) is 0 Å². The molecule has 0 radical (unpaired) electrons. The van der Waals surface area contributed by atoms with Crippen molar-refractivity contribution in [2.75, 3.05) is 37.0 Å². The lowest BCUT2D eigenvalue weighted by molar-refractivity contribution is 0.0853. The normalized spacial score (nSPS) is 16.4. The van der Waals surface area contributed by atoms with Gasteiger partial charge in [-0.05, 0) is 19.8 Å². The Balaban J connectivity index is 2.18. The van der Waals surface area contributed by atoms with Crippen LogP contribution in [0.15, 0.2) is 6.07 Å². The average molecular weight is 264 g/mol. The lowest BCUT2D eigenvalue weighted by Crippen LogP contribution is -2.37. The summed E-state index contributed by atoms with van der Waals surface area (Å²) in [7, 11) is 2.12. The molecular formula is C14H24N4O. The van der Waals surface area contributed by atoms with Gasteiger partial charge in [0.1, 0.15) is 17.5 Å². The summed E-state index contributed by atoms with van der Waals surface area (Å²) in [6.07, 6.45) is 2.99. The van der Waals surface area contributed by atoms with Gasteiger partial charge in [0, 0.05) is 45.3 Å². The van der Waals surface area contributed by atoms with Crippen LogP contribution in [-0.4, -0.2) is 42.8 Å². The molecule has 0 spiro atoms. The van der Waals surface area contributed by atoms with Gasteiger partial charge in [0.25, 0.3) is 0 Å². The van der Waals surface area contributed by atoms with E-state index in [0.717, 1.165) is 56.5 Å². The quantitative estimate of drug-likeness (QED) is 0.882. The molecule has 1 aromatic heterocycles. The zero-order valence-electron chi connectivity index (χ0n) is 12.1. The van der Waals surface area contributed by atoms with Gasteiger partial charge in [-0.15, -0.1) is 0 Å². The van der Waals surface area contributed by atoms with Crippen LogP contribution in [0.1, 0.15) is 32.5 Å². The summed E-state index contributed by atoms with van der Waals surface area (Å²) in [5, 5.41) is 3.28. The Morgan fingerprint density at radius 3 is 2.68 bits per heavy atom. The van der Waals surface area contributed by atoms with Gasteiger partial charge in [0.15, 0.2) is 0 Å².